The van der Waals surface area contributed by atoms with Crippen molar-refractivity contribution in [2.24, 2.45) is 0 Å². The molecule has 0 aliphatic heterocycles. The van der Waals surface area contributed by atoms with Crippen LogP contribution in [0.3, 0.4) is 0 Å². The van der Waals surface area contributed by atoms with Gasteiger partial charge in [-0.1, -0.05) is 72.8 Å². The Morgan fingerprint density at radius 1 is 0.828 bits per heavy atom. The fourth-order valence-electron chi connectivity index (χ4n) is 2.74. The number of nitrogens with one attached hydrogen (secondary N) is 1. The predicted molar refractivity (Wildman–Crippen MR) is 111 cm³/mol. The van der Waals surface area contributed by atoms with Gasteiger partial charge in [-0.2, -0.15) is 0 Å². The molecular weight excluding hydrogens is 366 g/mol. The van der Waals surface area contributed by atoms with Crippen LogP contribution in [0.15, 0.2) is 84.9 Å². The molecule has 3 aromatic rings. The van der Waals surface area contributed by atoms with Crippen molar-refractivity contribution in [2.45, 2.75) is 26.2 Å². The van der Waals surface area contributed by atoms with Crippen LogP contribution >= 0.6 is 0 Å². The molecule has 5 heteroatoms. The second-order valence-corrected chi connectivity index (χ2v) is 6.59. The van der Waals surface area contributed by atoms with Crippen LogP contribution in [0.25, 0.3) is 0 Å². The Morgan fingerprint density at radius 3 is 2.10 bits per heavy atom. The van der Waals surface area contributed by atoms with Gasteiger partial charge < -0.3 is 14.8 Å². The van der Waals surface area contributed by atoms with Gasteiger partial charge in [-0.05, 0) is 30.2 Å². The standard InChI is InChI=1S/C24H23NO4/c1-18(25-24(27)29-17-20-11-6-3-7-12-20)23(26)21-13-8-14-22(15-21)28-16-19-9-4-2-5-10-19/h2-15,18H,16-17H2,1H3,(H,25,27). The van der Waals surface area contributed by atoms with Crippen LogP contribution in [0.1, 0.15) is 28.4 Å². The van der Waals surface area contributed by atoms with E-state index in [-0.39, 0.29) is 12.4 Å². The summed E-state index contributed by atoms with van der Waals surface area (Å²) in [6.45, 7) is 2.19. The van der Waals surface area contributed by atoms with Crippen molar-refractivity contribution in [1.82, 2.24) is 5.32 Å². The van der Waals surface area contributed by atoms with Crippen LogP contribution in [0.5, 0.6) is 5.75 Å². The number of hydrogen-bond donors (Lipinski definition) is 1. The molecule has 0 aliphatic carbocycles. The van der Waals surface area contributed by atoms with Gasteiger partial charge in [0.25, 0.3) is 0 Å². The molecule has 0 spiro atoms. The average molecular weight is 389 g/mol. The number of ketones is 1. The van der Waals surface area contributed by atoms with Gasteiger partial charge in [-0.25, -0.2) is 4.79 Å². The number of carbonyl (C=O) groups is 2. The van der Waals surface area contributed by atoms with Gasteiger partial charge in [0.1, 0.15) is 19.0 Å². The maximum absolute atomic E-state index is 12.7. The molecule has 0 fully saturated rings. The minimum absolute atomic E-state index is 0.149. The van der Waals surface area contributed by atoms with Gasteiger partial charge in [0.05, 0.1) is 6.04 Å². The minimum atomic E-state index is -0.720. The Balaban J connectivity index is 1.52. The lowest BCUT2D eigenvalue weighted by molar-refractivity contribution is 0.0926. The third kappa shape index (κ3) is 6.21. The first-order chi connectivity index (χ1) is 14.1. The summed E-state index contributed by atoms with van der Waals surface area (Å²) in [6, 6.07) is 25.4. The number of rotatable bonds is 8. The smallest absolute Gasteiger partial charge is 0.408 e. The quantitative estimate of drug-likeness (QED) is 0.564. The molecule has 0 aromatic heterocycles. The van der Waals surface area contributed by atoms with Gasteiger partial charge >= 0.3 is 6.09 Å². The van der Waals surface area contributed by atoms with E-state index in [0.717, 1.165) is 11.1 Å². The molecule has 3 aromatic carbocycles. The van der Waals surface area contributed by atoms with Gasteiger partial charge in [-0.3, -0.25) is 4.79 Å². The monoisotopic (exact) mass is 389 g/mol. The van der Waals surface area contributed by atoms with Crippen molar-refractivity contribution in [1.29, 1.82) is 0 Å². The van der Waals surface area contributed by atoms with Crippen LogP contribution in [0.4, 0.5) is 4.79 Å². The topological polar surface area (TPSA) is 64.6 Å². The Morgan fingerprint density at radius 2 is 1.45 bits per heavy atom. The van der Waals surface area contributed by atoms with E-state index < -0.39 is 12.1 Å². The minimum Gasteiger partial charge on any atom is -0.489 e. The lowest BCUT2D eigenvalue weighted by Gasteiger charge is -2.14. The second kappa shape index (κ2) is 10.1. The molecule has 1 amide bonds. The number of Topliss-reactive ketones (excluding diaryl/α,β-unsaturated/α-hetero) is 1. The number of hydrogen-bond acceptors (Lipinski definition) is 4. The molecule has 1 unspecified atom stereocenters. The molecule has 29 heavy (non-hydrogen) atoms. The van der Waals surface area contributed by atoms with E-state index in [2.05, 4.69) is 5.32 Å². The molecule has 0 saturated carbocycles. The van der Waals surface area contributed by atoms with E-state index in [9.17, 15) is 9.59 Å². The molecule has 0 bridgehead atoms. The fourth-order valence-corrected chi connectivity index (χ4v) is 2.74. The summed E-state index contributed by atoms with van der Waals surface area (Å²) < 4.78 is 10.9. The SMILES string of the molecule is CC(NC(=O)OCc1ccccc1)C(=O)c1cccc(OCc2ccccc2)c1. The highest BCUT2D eigenvalue weighted by Gasteiger charge is 2.18. The lowest BCUT2D eigenvalue weighted by Crippen LogP contribution is -2.38. The third-order valence-electron chi connectivity index (χ3n) is 4.31. The summed E-state index contributed by atoms with van der Waals surface area (Å²) in [5.41, 5.74) is 2.39. The maximum atomic E-state index is 12.7. The van der Waals surface area contributed by atoms with Crippen molar-refractivity contribution < 1.29 is 19.1 Å². The number of benzene rings is 3. The zero-order chi connectivity index (χ0) is 20.5. The number of alkyl carbamates (subject to hydrolysis) is 1. The molecule has 1 N–H and O–H groups in total. The third-order valence-corrected chi connectivity index (χ3v) is 4.31. The molecule has 0 radical (unpaired) electrons. The molecule has 5 nitrogen and oxygen atoms in total. The summed E-state index contributed by atoms with van der Waals surface area (Å²) in [4.78, 5) is 24.6. The highest BCUT2D eigenvalue weighted by atomic mass is 16.5. The molecule has 0 aliphatic rings. The molecule has 3 rings (SSSR count). The fraction of sp³-hybridized carbons (Fsp3) is 0.167. The molecule has 148 valence electrons. The van der Waals surface area contributed by atoms with Crippen molar-refractivity contribution in [3.63, 3.8) is 0 Å². The summed E-state index contributed by atoms with van der Waals surface area (Å²) >= 11 is 0. The number of amides is 1. The number of carbonyl (C=O) groups excluding carboxylic acids is 2. The van der Waals surface area contributed by atoms with Crippen molar-refractivity contribution in [2.75, 3.05) is 0 Å². The van der Waals surface area contributed by atoms with Crippen LogP contribution in [-0.4, -0.2) is 17.9 Å². The summed E-state index contributed by atoms with van der Waals surface area (Å²) in [5.74, 6) is 0.380. The zero-order valence-electron chi connectivity index (χ0n) is 16.2. The summed E-state index contributed by atoms with van der Waals surface area (Å²) in [6.07, 6.45) is -0.633. The Hall–Kier alpha value is -3.60. The first kappa shape index (κ1) is 20.1. The first-order valence-corrected chi connectivity index (χ1v) is 9.40. The maximum Gasteiger partial charge on any atom is 0.408 e. The highest BCUT2D eigenvalue weighted by molar-refractivity contribution is 6.01. The largest absolute Gasteiger partial charge is 0.489 e. The van der Waals surface area contributed by atoms with Gasteiger partial charge in [0.2, 0.25) is 0 Å². The van der Waals surface area contributed by atoms with Crippen LogP contribution in [0, 0.1) is 0 Å². The predicted octanol–water partition coefficient (Wildman–Crippen LogP) is 4.76. The van der Waals surface area contributed by atoms with Gasteiger partial charge in [0, 0.05) is 5.56 Å². The normalized spacial score (nSPS) is 11.3. The van der Waals surface area contributed by atoms with Crippen LogP contribution < -0.4 is 10.1 Å². The van der Waals surface area contributed by atoms with Gasteiger partial charge in [0.15, 0.2) is 5.78 Å². The Kier molecular flexibility index (Phi) is 7.00. The molecule has 0 saturated heterocycles. The highest BCUT2D eigenvalue weighted by Crippen LogP contribution is 2.16. The molecule has 1 atom stereocenters. The lowest BCUT2D eigenvalue weighted by atomic mass is 10.1. The second-order valence-electron chi connectivity index (χ2n) is 6.59. The average Bonchev–Trinajstić information content (AvgIpc) is 2.77. The Bertz CT molecular complexity index is 941. The van der Waals surface area contributed by atoms with E-state index in [4.69, 9.17) is 9.47 Å². The van der Waals surface area contributed by atoms with Crippen molar-refractivity contribution in [3.8, 4) is 5.75 Å². The summed E-state index contributed by atoms with van der Waals surface area (Å²) in [7, 11) is 0. The molecular formula is C24H23NO4. The van der Waals surface area contributed by atoms with Crippen molar-refractivity contribution >= 4 is 11.9 Å². The zero-order valence-corrected chi connectivity index (χ0v) is 16.2. The van der Waals surface area contributed by atoms with E-state index in [1.807, 2.05) is 60.7 Å². The van der Waals surface area contributed by atoms with E-state index >= 15 is 0 Å². The number of ether oxygens (including phenoxy) is 2. The first-order valence-electron chi connectivity index (χ1n) is 9.40. The van der Waals surface area contributed by atoms with Crippen LogP contribution in [-0.2, 0) is 18.0 Å². The summed E-state index contributed by atoms with van der Waals surface area (Å²) in [5, 5.41) is 2.57. The van der Waals surface area contributed by atoms with E-state index in [1.54, 1.807) is 31.2 Å². The molecule has 0 heterocycles. The van der Waals surface area contributed by atoms with E-state index in [1.165, 1.54) is 0 Å². The van der Waals surface area contributed by atoms with Crippen LogP contribution in [0.2, 0.25) is 0 Å². The van der Waals surface area contributed by atoms with Gasteiger partial charge in [-0.15, -0.1) is 0 Å². The van der Waals surface area contributed by atoms with E-state index in [0.29, 0.717) is 17.9 Å². The Labute approximate surface area is 170 Å². The van der Waals surface area contributed by atoms with Crippen molar-refractivity contribution in [3.05, 3.63) is 102 Å².